The molecule has 0 fully saturated rings. The van der Waals surface area contributed by atoms with E-state index in [4.69, 9.17) is 13.5 Å². The minimum Gasteiger partial charge on any atom is -0.457 e. The molecule has 2 heterocycles. The standard InChI is InChI=1S/C30H26BO4/c1-29(2,32)30(3,4)35-31-22-14-7-13-21-27-19(12-9-17-25(27)34-28(21)22)18-11-8-16-24-26(18)20-10-5-6-15-23(20)33-24/h5-17,32H,1-4H3. The number of hydrogen-bond donors (Lipinski definition) is 1. The lowest BCUT2D eigenvalue weighted by Gasteiger charge is -2.37. The molecule has 0 aliphatic rings. The fraction of sp³-hybridized carbons (Fsp3) is 0.200. The number of rotatable bonds is 5. The van der Waals surface area contributed by atoms with Gasteiger partial charge in [-0.1, -0.05) is 60.7 Å². The molecular formula is C30H26BO4. The Hall–Kier alpha value is -3.54. The minimum absolute atomic E-state index is 0.755. The van der Waals surface area contributed by atoms with Gasteiger partial charge in [-0.2, -0.15) is 0 Å². The molecule has 35 heavy (non-hydrogen) atoms. The molecule has 4 nitrogen and oxygen atoms in total. The summed E-state index contributed by atoms with van der Waals surface area (Å²) in [5, 5.41) is 14.7. The van der Waals surface area contributed by atoms with Gasteiger partial charge in [0, 0.05) is 21.5 Å². The van der Waals surface area contributed by atoms with Gasteiger partial charge in [0.1, 0.15) is 22.3 Å². The highest BCUT2D eigenvalue weighted by Crippen LogP contribution is 2.41. The summed E-state index contributed by atoms with van der Waals surface area (Å²) in [7, 11) is 1.69. The molecule has 0 bridgehead atoms. The van der Waals surface area contributed by atoms with E-state index in [2.05, 4.69) is 24.3 Å². The van der Waals surface area contributed by atoms with Gasteiger partial charge >= 0.3 is 7.48 Å². The van der Waals surface area contributed by atoms with E-state index < -0.39 is 11.2 Å². The van der Waals surface area contributed by atoms with Crippen LogP contribution in [0.1, 0.15) is 27.7 Å². The zero-order chi connectivity index (χ0) is 24.4. The molecule has 2 aromatic heterocycles. The Bertz CT molecular complexity index is 1720. The van der Waals surface area contributed by atoms with E-state index >= 15 is 0 Å². The van der Waals surface area contributed by atoms with Gasteiger partial charge in [-0.3, -0.25) is 0 Å². The number of benzene rings is 4. The van der Waals surface area contributed by atoms with Crippen molar-refractivity contribution in [3.63, 3.8) is 0 Å². The molecule has 0 aliphatic carbocycles. The van der Waals surface area contributed by atoms with E-state index in [-0.39, 0.29) is 0 Å². The molecule has 1 N–H and O–H groups in total. The molecule has 0 saturated heterocycles. The summed E-state index contributed by atoms with van der Waals surface area (Å²) in [6.07, 6.45) is 0. The van der Waals surface area contributed by atoms with Crippen LogP contribution in [0.4, 0.5) is 0 Å². The first-order chi connectivity index (χ1) is 16.7. The highest BCUT2D eigenvalue weighted by molar-refractivity contribution is 6.51. The number of furan rings is 2. The first-order valence-electron chi connectivity index (χ1n) is 11.8. The Morgan fingerprint density at radius 1 is 0.657 bits per heavy atom. The predicted molar refractivity (Wildman–Crippen MR) is 143 cm³/mol. The maximum atomic E-state index is 10.5. The third kappa shape index (κ3) is 3.46. The normalized spacial score (nSPS) is 12.8. The molecule has 0 unspecified atom stereocenters. The Labute approximate surface area is 204 Å². The van der Waals surface area contributed by atoms with Gasteiger partial charge in [-0.25, -0.2) is 0 Å². The quantitative estimate of drug-likeness (QED) is 0.282. The van der Waals surface area contributed by atoms with Crippen molar-refractivity contribution in [1.82, 2.24) is 0 Å². The fourth-order valence-corrected chi connectivity index (χ4v) is 4.54. The molecule has 0 amide bonds. The van der Waals surface area contributed by atoms with Crippen molar-refractivity contribution < 1.29 is 18.6 Å². The molecule has 0 atom stereocenters. The molecule has 0 saturated carbocycles. The lowest BCUT2D eigenvalue weighted by Crippen LogP contribution is -2.49. The van der Waals surface area contributed by atoms with Gasteiger partial charge in [0.05, 0.1) is 11.2 Å². The Morgan fingerprint density at radius 2 is 1.23 bits per heavy atom. The van der Waals surface area contributed by atoms with Crippen molar-refractivity contribution in [2.75, 3.05) is 0 Å². The molecule has 0 aliphatic heterocycles. The summed E-state index contributed by atoms with van der Waals surface area (Å²) in [5.41, 5.74) is 4.55. The molecule has 1 radical (unpaired) electrons. The summed E-state index contributed by atoms with van der Waals surface area (Å²) >= 11 is 0. The largest absolute Gasteiger partial charge is 0.457 e. The molecule has 5 heteroatoms. The van der Waals surface area contributed by atoms with E-state index in [0.717, 1.165) is 60.5 Å². The second-order valence-electron chi connectivity index (χ2n) is 10.1. The summed E-state index contributed by atoms with van der Waals surface area (Å²) in [6, 6.07) is 26.6. The summed E-state index contributed by atoms with van der Waals surface area (Å²) in [4.78, 5) is 0. The molecule has 6 rings (SSSR count). The second kappa shape index (κ2) is 7.74. The van der Waals surface area contributed by atoms with Crippen molar-refractivity contribution in [3.05, 3.63) is 78.9 Å². The maximum Gasteiger partial charge on any atom is 0.334 e. The summed E-state index contributed by atoms with van der Waals surface area (Å²) < 4.78 is 18.6. The average Bonchev–Trinajstić information content (AvgIpc) is 3.40. The predicted octanol–water partition coefficient (Wildman–Crippen LogP) is 6.96. The fourth-order valence-electron chi connectivity index (χ4n) is 4.54. The van der Waals surface area contributed by atoms with Gasteiger partial charge in [0.25, 0.3) is 0 Å². The average molecular weight is 461 g/mol. The van der Waals surface area contributed by atoms with Gasteiger partial charge < -0.3 is 18.6 Å². The highest BCUT2D eigenvalue weighted by Gasteiger charge is 2.36. The van der Waals surface area contributed by atoms with Crippen LogP contribution >= 0.6 is 0 Å². The van der Waals surface area contributed by atoms with Gasteiger partial charge in [0.2, 0.25) is 0 Å². The number of fused-ring (bicyclic) bond motifs is 6. The Balaban J connectivity index is 1.55. The van der Waals surface area contributed by atoms with E-state index in [9.17, 15) is 5.11 Å². The van der Waals surface area contributed by atoms with Gasteiger partial charge in [-0.05, 0) is 62.5 Å². The molecule has 0 spiro atoms. The van der Waals surface area contributed by atoms with Crippen LogP contribution in [-0.4, -0.2) is 23.8 Å². The van der Waals surface area contributed by atoms with Crippen LogP contribution in [-0.2, 0) is 4.65 Å². The van der Waals surface area contributed by atoms with Crippen LogP contribution in [0.5, 0.6) is 0 Å². The Kier molecular flexibility index (Phi) is 4.86. The van der Waals surface area contributed by atoms with Gasteiger partial charge in [0.15, 0.2) is 0 Å². The third-order valence-electron chi connectivity index (χ3n) is 7.20. The van der Waals surface area contributed by atoms with Crippen molar-refractivity contribution >= 4 is 56.8 Å². The molecule has 6 aromatic rings. The lowest BCUT2D eigenvalue weighted by molar-refractivity contribution is -0.0893. The van der Waals surface area contributed by atoms with E-state index in [1.807, 2.05) is 68.4 Å². The molecular weight excluding hydrogens is 435 g/mol. The van der Waals surface area contributed by atoms with Crippen LogP contribution in [0, 0.1) is 0 Å². The topological polar surface area (TPSA) is 55.7 Å². The monoisotopic (exact) mass is 461 g/mol. The third-order valence-corrected chi connectivity index (χ3v) is 7.20. The summed E-state index contributed by atoms with van der Waals surface area (Å²) in [5.74, 6) is 0. The Morgan fingerprint density at radius 3 is 1.94 bits per heavy atom. The smallest absolute Gasteiger partial charge is 0.334 e. The van der Waals surface area contributed by atoms with Crippen molar-refractivity contribution in [1.29, 1.82) is 0 Å². The van der Waals surface area contributed by atoms with Gasteiger partial charge in [-0.15, -0.1) is 0 Å². The van der Waals surface area contributed by atoms with Crippen LogP contribution in [0.2, 0.25) is 0 Å². The highest BCUT2D eigenvalue weighted by atomic mass is 16.5. The molecule has 173 valence electrons. The van der Waals surface area contributed by atoms with E-state index in [1.54, 1.807) is 21.3 Å². The minimum atomic E-state index is -1.01. The maximum absolute atomic E-state index is 10.5. The summed E-state index contributed by atoms with van der Waals surface area (Å²) in [6.45, 7) is 7.23. The van der Waals surface area contributed by atoms with Crippen molar-refractivity contribution in [2.45, 2.75) is 38.9 Å². The molecule has 4 aromatic carbocycles. The number of hydrogen-bond acceptors (Lipinski definition) is 4. The second-order valence-corrected chi connectivity index (χ2v) is 10.1. The van der Waals surface area contributed by atoms with Crippen LogP contribution in [0.15, 0.2) is 87.7 Å². The van der Waals surface area contributed by atoms with E-state index in [0.29, 0.717) is 0 Å². The van der Waals surface area contributed by atoms with E-state index in [1.165, 1.54) is 0 Å². The van der Waals surface area contributed by atoms with Crippen LogP contribution < -0.4 is 5.46 Å². The zero-order valence-electron chi connectivity index (χ0n) is 20.3. The first-order valence-corrected chi connectivity index (χ1v) is 11.8. The van der Waals surface area contributed by atoms with Crippen LogP contribution in [0.25, 0.3) is 55.0 Å². The number of para-hydroxylation sites is 2. The number of aliphatic hydroxyl groups is 1. The van der Waals surface area contributed by atoms with Crippen LogP contribution in [0.3, 0.4) is 0 Å². The lowest BCUT2D eigenvalue weighted by atomic mass is 9.82. The SMILES string of the molecule is CC(C)(O)C(C)(C)O[B]c1cccc2c1oc1cccc(-c3cccc4oc5ccccc5c34)c12. The van der Waals surface area contributed by atoms with Crippen molar-refractivity contribution in [2.24, 2.45) is 0 Å². The first kappa shape index (κ1) is 22.0. The van der Waals surface area contributed by atoms with Crippen molar-refractivity contribution in [3.8, 4) is 11.1 Å². The zero-order valence-corrected chi connectivity index (χ0v) is 20.3.